The number of likely N-dealkylation sites (tertiary alicyclic amines) is 1. The molecule has 100 valence electrons. The normalized spacial score (nSPS) is 20.9. The van der Waals surface area contributed by atoms with Gasteiger partial charge in [-0.3, -0.25) is 4.90 Å². The zero-order valence-electron chi connectivity index (χ0n) is 11.3. The zero-order chi connectivity index (χ0) is 13.0. The number of methoxy groups -OCH3 is 1. The van der Waals surface area contributed by atoms with Gasteiger partial charge < -0.3 is 4.74 Å². The van der Waals surface area contributed by atoms with Crippen LogP contribution in [-0.2, 0) is 6.54 Å². The number of halogens is 1. The van der Waals surface area contributed by atoms with E-state index in [0.29, 0.717) is 0 Å². The van der Waals surface area contributed by atoms with E-state index in [1.165, 1.54) is 42.3 Å². The first kappa shape index (κ1) is 13.9. The maximum Gasteiger partial charge on any atom is 0.119 e. The van der Waals surface area contributed by atoms with Crippen molar-refractivity contribution in [3.05, 3.63) is 28.2 Å². The molecule has 0 N–H and O–H groups in total. The Labute approximate surface area is 118 Å². The van der Waals surface area contributed by atoms with Gasteiger partial charge in [-0.1, -0.05) is 29.3 Å². The van der Waals surface area contributed by atoms with E-state index < -0.39 is 0 Å². The van der Waals surface area contributed by atoms with Gasteiger partial charge in [-0.05, 0) is 49.6 Å². The van der Waals surface area contributed by atoms with Crippen molar-refractivity contribution in [3.8, 4) is 5.75 Å². The summed E-state index contributed by atoms with van der Waals surface area (Å²) in [4.78, 5) is 2.61. The van der Waals surface area contributed by atoms with Gasteiger partial charge in [0.25, 0.3) is 0 Å². The molecule has 1 heterocycles. The molecule has 1 atom stereocenters. The number of rotatable bonds is 4. The highest BCUT2D eigenvalue weighted by molar-refractivity contribution is 9.10. The second kappa shape index (κ2) is 6.58. The summed E-state index contributed by atoms with van der Waals surface area (Å²) in [6.07, 6.45) is 5.31. The SMILES string of the molecule is CCC1CCCCN1Cc1cc(OC)ccc1Br. The Kier molecular flexibility index (Phi) is 5.07. The minimum absolute atomic E-state index is 0.747. The molecule has 0 aromatic heterocycles. The van der Waals surface area contributed by atoms with E-state index in [2.05, 4.69) is 39.9 Å². The molecule has 1 unspecified atom stereocenters. The minimum atomic E-state index is 0.747. The molecule has 0 saturated carbocycles. The van der Waals surface area contributed by atoms with Gasteiger partial charge in [-0.25, -0.2) is 0 Å². The van der Waals surface area contributed by atoms with Gasteiger partial charge in [0.2, 0.25) is 0 Å². The van der Waals surface area contributed by atoms with Crippen molar-refractivity contribution in [1.82, 2.24) is 4.90 Å². The highest BCUT2D eigenvalue weighted by atomic mass is 79.9. The van der Waals surface area contributed by atoms with Crippen LogP contribution in [0.15, 0.2) is 22.7 Å². The molecule has 18 heavy (non-hydrogen) atoms. The fourth-order valence-corrected chi connectivity index (χ4v) is 3.12. The molecule has 2 nitrogen and oxygen atoms in total. The van der Waals surface area contributed by atoms with Crippen molar-refractivity contribution in [3.63, 3.8) is 0 Å². The van der Waals surface area contributed by atoms with Crippen molar-refractivity contribution in [1.29, 1.82) is 0 Å². The Morgan fingerprint density at radius 3 is 2.94 bits per heavy atom. The largest absolute Gasteiger partial charge is 0.497 e. The number of hydrogen-bond acceptors (Lipinski definition) is 2. The molecule has 1 aliphatic rings. The van der Waals surface area contributed by atoms with E-state index in [4.69, 9.17) is 4.74 Å². The van der Waals surface area contributed by atoms with E-state index in [9.17, 15) is 0 Å². The fraction of sp³-hybridized carbons (Fsp3) is 0.600. The molecule has 1 aromatic rings. The predicted molar refractivity (Wildman–Crippen MR) is 79.0 cm³/mol. The van der Waals surface area contributed by atoms with Gasteiger partial charge in [0.05, 0.1) is 7.11 Å². The Morgan fingerprint density at radius 2 is 2.22 bits per heavy atom. The van der Waals surface area contributed by atoms with Gasteiger partial charge in [0, 0.05) is 17.1 Å². The molecule has 1 aliphatic heterocycles. The van der Waals surface area contributed by atoms with E-state index in [1.807, 2.05) is 6.07 Å². The van der Waals surface area contributed by atoms with Crippen LogP contribution in [0.1, 0.15) is 38.2 Å². The Hall–Kier alpha value is -0.540. The van der Waals surface area contributed by atoms with Gasteiger partial charge in [-0.2, -0.15) is 0 Å². The van der Waals surface area contributed by atoms with Crippen LogP contribution in [0.3, 0.4) is 0 Å². The second-order valence-electron chi connectivity index (χ2n) is 4.99. The van der Waals surface area contributed by atoms with Crippen LogP contribution in [0.5, 0.6) is 5.75 Å². The third-order valence-corrected chi connectivity index (χ3v) is 4.62. The standard InChI is InChI=1S/C15H22BrNO/c1-3-13-6-4-5-9-17(13)11-12-10-14(18-2)7-8-15(12)16/h7-8,10,13H,3-6,9,11H2,1-2H3. The molecule has 2 rings (SSSR count). The number of benzene rings is 1. The molecule has 0 aliphatic carbocycles. The smallest absolute Gasteiger partial charge is 0.119 e. The number of nitrogens with zero attached hydrogens (tertiary/aromatic N) is 1. The third-order valence-electron chi connectivity index (χ3n) is 3.85. The fourth-order valence-electron chi connectivity index (χ4n) is 2.75. The summed E-state index contributed by atoms with van der Waals surface area (Å²) >= 11 is 3.65. The lowest BCUT2D eigenvalue weighted by atomic mass is 9.99. The molecule has 0 amide bonds. The molecule has 1 fully saturated rings. The highest BCUT2D eigenvalue weighted by Gasteiger charge is 2.21. The molecule has 1 saturated heterocycles. The van der Waals surface area contributed by atoms with Gasteiger partial charge >= 0.3 is 0 Å². The maximum atomic E-state index is 5.31. The number of hydrogen-bond donors (Lipinski definition) is 0. The highest BCUT2D eigenvalue weighted by Crippen LogP contribution is 2.27. The maximum absolute atomic E-state index is 5.31. The summed E-state index contributed by atoms with van der Waals surface area (Å²) in [5.41, 5.74) is 1.33. The first-order valence-electron chi connectivity index (χ1n) is 6.81. The molecule has 0 bridgehead atoms. The third kappa shape index (κ3) is 3.27. The lowest BCUT2D eigenvalue weighted by molar-refractivity contribution is 0.136. The van der Waals surface area contributed by atoms with Gasteiger partial charge in [-0.15, -0.1) is 0 Å². The van der Waals surface area contributed by atoms with Crippen molar-refractivity contribution in [2.24, 2.45) is 0 Å². The van der Waals surface area contributed by atoms with Crippen LogP contribution < -0.4 is 4.74 Å². The van der Waals surface area contributed by atoms with E-state index >= 15 is 0 Å². The second-order valence-corrected chi connectivity index (χ2v) is 5.84. The predicted octanol–water partition coefficient (Wildman–Crippen LogP) is 4.22. The van der Waals surface area contributed by atoms with Crippen molar-refractivity contribution < 1.29 is 4.74 Å². The monoisotopic (exact) mass is 311 g/mol. The van der Waals surface area contributed by atoms with Crippen LogP contribution >= 0.6 is 15.9 Å². The first-order chi connectivity index (χ1) is 8.74. The van der Waals surface area contributed by atoms with Crippen LogP contribution in [-0.4, -0.2) is 24.6 Å². The summed E-state index contributed by atoms with van der Waals surface area (Å²) in [6.45, 7) is 4.54. The summed E-state index contributed by atoms with van der Waals surface area (Å²) < 4.78 is 6.50. The zero-order valence-corrected chi connectivity index (χ0v) is 12.9. The molecule has 0 radical (unpaired) electrons. The van der Waals surface area contributed by atoms with Gasteiger partial charge in [0.1, 0.15) is 5.75 Å². The van der Waals surface area contributed by atoms with Crippen LogP contribution in [0.4, 0.5) is 0 Å². The molecule has 0 spiro atoms. The van der Waals surface area contributed by atoms with Gasteiger partial charge in [0.15, 0.2) is 0 Å². The summed E-state index contributed by atoms with van der Waals surface area (Å²) in [6, 6.07) is 6.97. The molecular weight excluding hydrogens is 290 g/mol. The Bertz CT molecular complexity index is 394. The molecule has 3 heteroatoms. The van der Waals surface area contributed by atoms with E-state index in [0.717, 1.165) is 18.3 Å². The number of ether oxygens (including phenoxy) is 1. The summed E-state index contributed by atoms with van der Waals surface area (Å²) in [5, 5.41) is 0. The first-order valence-corrected chi connectivity index (χ1v) is 7.60. The Balaban J connectivity index is 2.11. The molecule has 1 aromatic carbocycles. The average molecular weight is 312 g/mol. The van der Waals surface area contributed by atoms with Crippen molar-refractivity contribution in [2.75, 3.05) is 13.7 Å². The van der Waals surface area contributed by atoms with Crippen molar-refractivity contribution in [2.45, 2.75) is 45.2 Å². The molecular formula is C15H22BrNO. The Morgan fingerprint density at radius 1 is 1.39 bits per heavy atom. The van der Waals surface area contributed by atoms with Crippen molar-refractivity contribution >= 4 is 15.9 Å². The topological polar surface area (TPSA) is 12.5 Å². The van der Waals surface area contributed by atoms with Crippen LogP contribution in [0.2, 0.25) is 0 Å². The minimum Gasteiger partial charge on any atom is -0.497 e. The van der Waals surface area contributed by atoms with Crippen LogP contribution in [0, 0.1) is 0 Å². The van der Waals surface area contributed by atoms with E-state index in [1.54, 1.807) is 7.11 Å². The summed E-state index contributed by atoms with van der Waals surface area (Å²) in [7, 11) is 1.72. The average Bonchev–Trinajstić information content (AvgIpc) is 2.42. The summed E-state index contributed by atoms with van der Waals surface area (Å²) in [5.74, 6) is 0.943. The number of piperidine rings is 1. The van der Waals surface area contributed by atoms with E-state index in [-0.39, 0.29) is 0 Å². The lowest BCUT2D eigenvalue weighted by Gasteiger charge is -2.35. The quantitative estimate of drug-likeness (QED) is 0.825. The lowest BCUT2D eigenvalue weighted by Crippen LogP contribution is -2.38. The van der Waals surface area contributed by atoms with Crippen LogP contribution in [0.25, 0.3) is 0 Å².